The molecule has 128 valence electrons. The highest BCUT2D eigenvalue weighted by molar-refractivity contribution is 5.81. The minimum Gasteiger partial charge on any atom is -0.481 e. The van der Waals surface area contributed by atoms with Crippen LogP contribution in [0.3, 0.4) is 0 Å². The zero-order valence-electron chi connectivity index (χ0n) is 15.1. The van der Waals surface area contributed by atoms with Crippen molar-refractivity contribution in [2.45, 2.75) is 46.1 Å². The van der Waals surface area contributed by atoms with Crippen molar-refractivity contribution in [2.24, 2.45) is 5.92 Å². The van der Waals surface area contributed by atoms with Gasteiger partial charge < -0.3 is 15.0 Å². The van der Waals surface area contributed by atoms with Gasteiger partial charge in [0.25, 0.3) is 5.91 Å². The quantitative estimate of drug-likeness (QED) is 0.877. The van der Waals surface area contributed by atoms with Crippen molar-refractivity contribution in [1.82, 2.24) is 10.2 Å². The maximum atomic E-state index is 12.6. The summed E-state index contributed by atoms with van der Waals surface area (Å²) in [6, 6.07) is 6.26. The van der Waals surface area contributed by atoms with Crippen LogP contribution in [0.1, 0.15) is 44.2 Å². The number of aryl methyl sites for hydroxylation is 1. The largest absolute Gasteiger partial charge is 0.481 e. The summed E-state index contributed by atoms with van der Waals surface area (Å²) in [5.74, 6) is 1.92. The monoisotopic (exact) mass is 318 g/mol. The van der Waals surface area contributed by atoms with E-state index in [1.165, 1.54) is 5.56 Å². The van der Waals surface area contributed by atoms with E-state index in [1.807, 2.05) is 25.8 Å². The Morgan fingerprint density at radius 1 is 1.39 bits per heavy atom. The predicted octanol–water partition coefficient (Wildman–Crippen LogP) is 2.95. The van der Waals surface area contributed by atoms with Crippen LogP contribution in [-0.2, 0) is 4.79 Å². The highest BCUT2D eigenvalue weighted by atomic mass is 16.5. The smallest absolute Gasteiger partial charge is 0.263 e. The minimum atomic E-state index is -0.440. The van der Waals surface area contributed by atoms with Crippen molar-refractivity contribution < 1.29 is 9.53 Å². The van der Waals surface area contributed by atoms with Gasteiger partial charge in [-0.2, -0.15) is 0 Å². The van der Waals surface area contributed by atoms with E-state index in [1.54, 1.807) is 0 Å². The number of carbonyl (C=O) groups is 1. The third-order valence-electron chi connectivity index (χ3n) is 4.62. The number of benzene rings is 1. The minimum absolute atomic E-state index is 0.0953. The van der Waals surface area contributed by atoms with Gasteiger partial charge in [-0.25, -0.2) is 0 Å². The number of amides is 1. The molecule has 4 nitrogen and oxygen atoms in total. The van der Waals surface area contributed by atoms with E-state index in [0.29, 0.717) is 11.8 Å². The van der Waals surface area contributed by atoms with Crippen molar-refractivity contribution in [3.63, 3.8) is 0 Å². The highest BCUT2D eigenvalue weighted by Gasteiger charge is 2.29. The molecule has 23 heavy (non-hydrogen) atoms. The summed E-state index contributed by atoms with van der Waals surface area (Å²) in [5.41, 5.74) is 2.31. The van der Waals surface area contributed by atoms with E-state index >= 15 is 0 Å². The molecule has 0 aromatic heterocycles. The Morgan fingerprint density at radius 3 is 2.78 bits per heavy atom. The van der Waals surface area contributed by atoms with Crippen LogP contribution in [0.5, 0.6) is 5.75 Å². The van der Waals surface area contributed by atoms with Gasteiger partial charge in [0.05, 0.1) is 0 Å². The first-order chi connectivity index (χ1) is 10.9. The second-order valence-corrected chi connectivity index (χ2v) is 6.94. The number of likely N-dealkylation sites (tertiary alicyclic amines) is 1. The highest BCUT2D eigenvalue weighted by Crippen LogP contribution is 2.26. The molecule has 1 amide bonds. The van der Waals surface area contributed by atoms with Gasteiger partial charge in [-0.05, 0) is 62.9 Å². The van der Waals surface area contributed by atoms with Gasteiger partial charge in [-0.15, -0.1) is 0 Å². The van der Waals surface area contributed by atoms with Crippen molar-refractivity contribution in [3.05, 3.63) is 29.3 Å². The van der Waals surface area contributed by atoms with Crippen molar-refractivity contribution in [2.75, 3.05) is 26.7 Å². The molecule has 0 radical (unpaired) electrons. The number of ether oxygens (including phenoxy) is 1. The van der Waals surface area contributed by atoms with E-state index in [-0.39, 0.29) is 5.91 Å². The third kappa shape index (κ3) is 4.47. The molecule has 0 spiro atoms. The fourth-order valence-electron chi connectivity index (χ4n) is 3.09. The van der Waals surface area contributed by atoms with Crippen LogP contribution in [0.15, 0.2) is 18.2 Å². The zero-order chi connectivity index (χ0) is 17.0. The predicted molar refractivity (Wildman–Crippen MR) is 94.0 cm³/mol. The van der Waals surface area contributed by atoms with Gasteiger partial charge in [0.1, 0.15) is 5.75 Å². The average Bonchev–Trinajstić information content (AvgIpc) is 2.97. The van der Waals surface area contributed by atoms with E-state index in [2.05, 4.69) is 37.4 Å². The lowest BCUT2D eigenvalue weighted by Gasteiger charge is -2.23. The van der Waals surface area contributed by atoms with Crippen molar-refractivity contribution >= 4 is 5.91 Å². The Morgan fingerprint density at radius 2 is 2.13 bits per heavy atom. The summed E-state index contributed by atoms with van der Waals surface area (Å²) in [6.07, 6.45) is 0.630. The molecule has 1 saturated heterocycles. The lowest BCUT2D eigenvalue weighted by molar-refractivity contribution is -0.137. The number of hydrogen-bond donors (Lipinski definition) is 1. The van der Waals surface area contributed by atoms with Crippen molar-refractivity contribution in [3.8, 4) is 5.75 Å². The van der Waals surface area contributed by atoms with Crippen LogP contribution < -0.4 is 10.1 Å². The summed E-state index contributed by atoms with van der Waals surface area (Å²) in [4.78, 5) is 14.5. The topological polar surface area (TPSA) is 41.6 Å². The first-order valence-electron chi connectivity index (χ1n) is 8.63. The van der Waals surface area contributed by atoms with E-state index in [0.717, 1.165) is 37.4 Å². The normalized spacial score (nSPS) is 19.2. The average molecular weight is 318 g/mol. The third-order valence-corrected chi connectivity index (χ3v) is 4.62. The number of rotatable bonds is 6. The Labute approximate surface area is 140 Å². The standard InChI is InChI=1S/C19H30N2O2/c1-13(2)17-7-6-14(3)18(10-17)23-15(4)19(22)21-9-8-16(12-21)11-20-5/h6-7,10,13,15-16,20H,8-9,11-12H2,1-5H3. The van der Waals surface area contributed by atoms with E-state index < -0.39 is 6.10 Å². The van der Waals surface area contributed by atoms with Gasteiger partial charge >= 0.3 is 0 Å². The van der Waals surface area contributed by atoms with Gasteiger partial charge in [0, 0.05) is 13.1 Å². The van der Waals surface area contributed by atoms with Gasteiger partial charge in [0.15, 0.2) is 6.10 Å². The van der Waals surface area contributed by atoms with Crippen LogP contribution in [0.2, 0.25) is 0 Å². The number of hydrogen-bond acceptors (Lipinski definition) is 3. The van der Waals surface area contributed by atoms with Gasteiger partial charge in [-0.1, -0.05) is 26.0 Å². The molecule has 1 aliphatic rings. The first-order valence-corrected chi connectivity index (χ1v) is 8.63. The summed E-state index contributed by atoms with van der Waals surface area (Å²) in [7, 11) is 1.96. The zero-order valence-corrected chi connectivity index (χ0v) is 15.1. The summed E-state index contributed by atoms with van der Waals surface area (Å²) >= 11 is 0. The summed E-state index contributed by atoms with van der Waals surface area (Å²) in [5, 5.41) is 3.19. The molecule has 1 heterocycles. The van der Waals surface area contributed by atoms with Crippen LogP contribution in [0.4, 0.5) is 0 Å². The second-order valence-electron chi connectivity index (χ2n) is 6.94. The summed E-state index contributed by atoms with van der Waals surface area (Å²) in [6.45, 7) is 10.8. The molecule has 1 fully saturated rings. The molecule has 2 atom stereocenters. The van der Waals surface area contributed by atoms with Crippen molar-refractivity contribution in [1.29, 1.82) is 0 Å². The molecule has 0 bridgehead atoms. The molecule has 2 rings (SSSR count). The molecular formula is C19H30N2O2. The molecule has 1 aromatic rings. The Kier molecular flexibility index (Phi) is 6.05. The maximum absolute atomic E-state index is 12.6. The molecule has 4 heteroatoms. The Balaban J connectivity index is 2.00. The SMILES string of the molecule is CNCC1CCN(C(=O)C(C)Oc2cc(C(C)C)ccc2C)C1. The summed E-state index contributed by atoms with van der Waals surface area (Å²) < 4.78 is 6.00. The van der Waals surface area contributed by atoms with Crippen LogP contribution >= 0.6 is 0 Å². The maximum Gasteiger partial charge on any atom is 0.263 e. The second kappa shape index (κ2) is 7.82. The fourth-order valence-corrected chi connectivity index (χ4v) is 3.09. The van der Waals surface area contributed by atoms with E-state index in [9.17, 15) is 4.79 Å². The number of nitrogens with one attached hydrogen (secondary N) is 1. The molecule has 0 saturated carbocycles. The van der Waals surface area contributed by atoms with Gasteiger partial charge in [-0.3, -0.25) is 4.79 Å². The molecule has 2 unspecified atom stereocenters. The molecule has 0 aliphatic carbocycles. The first kappa shape index (κ1) is 17.8. The molecule has 1 aromatic carbocycles. The fraction of sp³-hybridized carbons (Fsp3) is 0.632. The number of carbonyl (C=O) groups excluding carboxylic acids is 1. The van der Waals surface area contributed by atoms with Gasteiger partial charge in [0.2, 0.25) is 0 Å². The van der Waals surface area contributed by atoms with E-state index in [4.69, 9.17) is 4.74 Å². The van der Waals surface area contributed by atoms with Crippen LogP contribution in [0.25, 0.3) is 0 Å². The molecule has 1 aliphatic heterocycles. The Bertz CT molecular complexity index is 542. The van der Waals surface area contributed by atoms with Crippen LogP contribution in [-0.4, -0.2) is 43.6 Å². The Hall–Kier alpha value is -1.55. The molecular weight excluding hydrogens is 288 g/mol. The van der Waals surface area contributed by atoms with Crippen LogP contribution in [0, 0.1) is 12.8 Å². The lowest BCUT2D eigenvalue weighted by Crippen LogP contribution is -2.39. The molecule has 1 N–H and O–H groups in total. The number of nitrogens with zero attached hydrogens (tertiary/aromatic N) is 1. The lowest BCUT2D eigenvalue weighted by atomic mass is 10.0.